The summed E-state index contributed by atoms with van der Waals surface area (Å²) in [5.41, 5.74) is 5.31. The number of nitrogens with zero attached hydrogens (tertiary/aromatic N) is 1. The van der Waals surface area contributed by atoms with E-state index in [0.717, 1.165) is 0 Å². The van der Waals surface area contributed by atoms with Gasteiger partial charge >= 0.3 is 7.60 Å². The first-order valence-corrected chi connectivity index (χ1v) is 4.65. The highest BCUT2D eigenvalue weighted by atomic mass is 31.2. The molecule has 12 heavy (non-hydrogen) atoms. The lowest BCUT2D eigenvalue weighted by Gasteiger charge is -2.04. The first-order valence-electron chi connectivity index (χ1n) is 3.04. The zero-order chi connectivity index (χ0) is 9.78. The standard InChI is InChI=1S/C6H11N2O3P/c1-5(12(9,10)11)6(7)3-4-8-2/h3-4H,2,7H2,1H3,(H2,9,10,11)/b4-3-,6-5-. The van der Waals surface area contributed by atoms with Crippen molar-refractivity contribution in [3.05, 3.63) is 23.3 Å². The molecule has 0 bridgehead atoms. The van der Waals surface area contributed by atoms with Crippen molar-refractivity contribution in [1.29, 1.82) is 0 Å². The molecule has 0 saturated carbocycles. The Kier molecular flexibility index (Phi) is 3.89. The van der Waals surface area contributed by atoms with Crippen molar-refractivity contribution in [1.82, 2.24) is 0 Å². The molecule has 0 saturated heterocycles. The van der Waals surface area contributed by atoms with Crippen molar-refractivity contribution in [2.75, 3.05) is 0 Å². The van der Waals surface area contributed by atoms with E-state index in [1.165, 1.54) is 19.2 Å². The van der Waals surface area contributed by atoms with Crippen LogP contribution in [-0.2, 0) is 4.57 Å². The van der Waals surface area contributed by atoms with Gasteiger partial charge in [0.1, 0.15) is 0 Å². The predicted octanol–water partition coefficient (Wildman–Crippen LogP) is 0.569. The molecule has 0 fully saturated rings. The van der Waals surface area contributed by atoms with Gasteiger partial charge in [-0.25, -0.2) is 0 Å². The third-order valence-electron chi connectivity index (χ3n) is 1.21. The SMILES string of the molecule is C=N/C=C\C(N)=C(/C)P(=O)(O)O. The number of rotatable bonds is 3. The summed E-state index contributed by atoms with van der Waals surface area (Å²) >= 11 is 0. The Morgan fingerprint density at radius 1 is 1.67 bits per heavy atom. The predicted molar refractivity (Wildman–Crippen MR) is 47.6 cm³/mol. The third kappa shape index (κ3) is 3.48. The minimum Gasteiger partial charge on any atom is -0.398 e. The zero-order valence-corrected chi connectivity index (χ0v) is 7.53. The number of hydrogen-bond donors (Lipinski definition) is 3. The average molecular weight is 190 g/mol. The Balaban J connectivity index is 4.82. The number of allylic oxidation sites excluding steroid dienone is 2. The van der Waals surface area contributed by atoms with Crippen LogP contribution in [0.15, 0.2) is 28.3 Å². The van der Waals surface area contributed by atoms with Gasteiger partial charge in [-0.15, -0.1) is 0 Å². The molecule has 68 valence electrons. The lowest BCUT2D eigenvalue weighted by molar-refractivity contribution is 0.382. The van der Waals surface area contributed by atoms with Crippen molar-refractivity contribution in [2.45, 2.75) is 6.92 Å². The zero-order valence-electron chi connectivity index (χ0n) is 6.64. The summed E-state index contributed by atoms with van der Waals surface area (Å²) in [5, 5.41) is -0.164. The smallest absolute Gasteiger partial charge is 0.353 e. The summed E-state index contributed by atoms with van der Waals surface area (Å²) in [6.07, 6.45) is 2.54. The van der Waals surface area contributed by atoms with Crippen molar-refractivity contribution < 1.29 is 14.4 Å². The summed E-state index contributed by atoms with van der Waals surface area (Å²) in [4.78, 5) is 20.6. The lowest BCUT2D eigenvalue weighted by Crippen LogP contribution is -1.97. The molecule has 0 aliphatic rings. The summed E-state index contributed by atoms with van der Waals surface area (Å²) in [6.45, 7) is 4.41. The van der Waals surface area contributed by atoms with Crippen LogP contribution in [0.4, 0.5) is 0 Å². The Labute approximate surface area is 70.5 Å². The average Bonchev–Trinajstić information content (AvgIpc) is 1.97. The molecule has 0 aromatic heterocycles. The van der Waals surface area contributed by atoms with Gasteiger partial charge in [0, 0.05) is 11.9 Å². The second kappa shape index (κ2) is 4.21. The second-order valence-electron chi connectivity index (χ2n) is 2.08. The minimum atomic E-state index is -4.21. The first-order chi connectivity index (χ1) is 5.39. The molecule has 0 spiro atoms. The first kappa shape index (κ1) is 11.1. The van der Waals surface area contributed by atoms with E-state index >= 15 is 0 Å². The molecule has 0 aromatic carbocycles. The van der Waals surface area contributed by atoms with E-state index in [9.17, 15) is 4.57 Å². The molecule has 6 heteroatoms. The summed E-state index contributed by atoms with van der Waals surface area (Å²) in [7, 11) is -4.21. The monoisotopic (exact) mass is 190 g/mol. The van der Waals surface area contributed by atoms with Crippen molar-refractivity contribution in [3.63, 3.8) is 0 Å². The van der Waals surface area contributed by atoms with Gasteiger partial charge in [0.05, 0.1) is 5.31 Å². The minimum absolute atomic E-state index is 0.00994. The van der Waals surface area contributed by atoms with E-state index in [1.54, 1.807) is 0 Å². The number of nitrogens with two attached hydrogens (primary N) is 1. The molecule has 4 N–H and O–H groups in total. The summed E-state index contributed by atoms with van der Waals surface area (Å²) in [6, 6.07) is 0. The van der Waals surface area contributed by atoms with Crippen LogP contribution in [0.3, 0.4) is 0 Å². The molecule has 5 nitrogen and oxygen atoms in total. The Hall–Kier alpha value is -0.900. The van der Waals surface area contributed by atoms with Crippen molar-refractivity contribution in [3.8, 4) is 0 Å². The Bertz CT molecular complexity index is 277. The molecule has 0 radical (unpaired) electrons. The molecule has 0 aromatic rings. The highest BCUT2D eigenvalue weighted by Crippen LogP contribution is 2.45. The number of hydrogen-bond acceptors (Lipinski definition) is 3. The third-order valence-corrected chi connectivity index (χ3v) is 2.35. The Morgan fingerprint density at radius 3 is 2.50 bits per heavy atom. The maximum absolute atomic E-state index is 10.6. The topological polar surface area (TPSA) is 95.9 Å². The van der Waals surface area contributed by atoms with E-state index in [2.05, 4.69) is 11.7 Å². The normalized spacial score (nSPS) is 14.6. The van der Waals surface area contributed by atoms with E-state index < -0.39 is 7.60 Å². The van der Waals surface area contributed by atoms with Crippen LogP contribution in [0.1, 0.15) is 6.92 Å². The van der Waals surface area contributed by atoms with Gasteiger partial charge in [0.2, 0.25) is 0 Å². The van der Waals surface area contributed by atoms with E-state index in [4.69, 9.17) is 15.5 Å². The largest absolute Gasteiger partial charge is 0.398 e. The molecule has 0 aliphatic carbocycles. The van der Waals surface area contributed by atoms with Crippen LogP contribution in [-0.4, -0.2) is 16.5 Å². The summed E-state index contributed by atoms with van der Waals surface area (Å²) in [5.74, 6) is 0. The van der Waals surface area contributed by atoms with Crippen LogP contribution >= 0.6 is 7.60 Å². The lowest BCUT2D eigenvalue weighted by atomic mass is 10.4. The highest BCUT2D eigenvalue weighted by Gasteiger charge is 2.17. The summed E-state index contributed by atoms with van der Waals surface area (Å²) < 4.78 is 10.6. The molecule has 0 heterocycles. The van der Waals surface area contributed by atoms with Gasteiger partial charge in [0.15, 0.2) is 0 Å². The van der Waals surface area contributed by atoms with Crippen LogP contribution in [0.25, 0.3) is 0 Å². The maximum Gasteiger partial charge on any atom is 0.353 e. The van der Waals surface area contributed by atoms with Gasteiger partial charge < -0.3 is 15.5 Å². The van der Waals surface area contributed by atoms with E-state index in [-0.39, 0.29) is 11.0 Å². The van der Waals surface area contributed by atoms with Gasteiger partial charge in [-0.05, 0) is 19.7 Å². The van der Waals surface area contributed by atoms with Crippen LogP contribution in [0, 0.1) is 0 Å². The van der Waals surface area contributed by atoms with Gasteiger partial charge in [-0.2, -0.15) is 0 Å². The molecule has 0 unspecified atom stereocenters. The van der Waals surface area contributed by atoms with Crippen molar-refractivity contribution in [2.24, 2.45) is 10.7 Å². The van der Waals surface area contributed by atoms with E-state index in [1.807, 2.05) is 0 Å². The van der Waals surface area contributed by atoms with Crippen LogP contribution in [0.2, 0.25) is 0 Å². The van der Waals surface area contributed by atoms with Crippen LogP contribution in [0.5, 0.6) is 0 Å². The fourth-order valence-electron chi connectivity index (χ4n) is 0.422. The van der Waals surface area contributed by atoms with E-state index in [0.29, 0.717) is 0 Å². The maximum atomic E-state index is 10.6. The molecule has 0 rings (SSSR count). The van der Waals surface area contributed by atoms with Gasteiger partial charge in [-0.1, -0.05) is 0 Å². The Morgan fingerprint density at radius 2 is 2.17 bits per heavy atom. The number of aliphatic imine (C=N–C) groups is 1. The van der Waals surface area contributed by atoms with Gasteiger partial charge in [0.25, 0.3) is 0 Å². The highest BCUT2D eigenvalue weighted by molar-refractivity contribution is 7.56. The van der Waals surface area contributed by atoms with Crippen LogP contribution < -0.4 is 5.73 Å². The fourth-order valence-corrected chi connectivity index (χ4v) is 0.833. The molecule has 0 amide bonds. The second-order valence-corrected chi connectivity index (χ2v) is 3.84. The molecular weight excluding hydrogens is 179 g/mol. The molecule has 0 aliphatic heterocycles. The molecule has 0 atom stereocenters. The molecular formula is C6H11N2O3P. The fraction of sp³-hybridized carbons (Fsp3) is 0.167. The van der Waals surface area contributed by atoms with Gasteiger partial charge in [-0.3, -0.25) is 9.56 Å². The quantitative estimate of drug-likeness (QED) is 0.344. The van der Waals surface area contributed by atoms with Crippen molar-refractivity contribution >= 4 is 14.3 Å².